The topological polar surface area (TPSA) is 51.0 Å². The summed E-state index contributed by atoms with van der Waals surface area (Å²) in [4.78, 5) is 0. The van der Waals surface area contributed by atoms with E-state index in [2.05, 4.69) is 213 Å². The Hall–Kier alpha value is -2.73. The van der Waals surface area contributed by atoms with E-state index in [1.165, 1.54) is 27.3 Å². The zero-order valence-electron chi connectivity index (χ0n) is 38.3. The molecule has 0 saturated heterocycles. The molecule has 0 heterocycles. The molecule has 6 aromatic rings. The standard InChI is InChI=1S/C55H65N3OP2.Ba/c1-40(2)49-36-24-37-50(41(3)4)53(49)56-60(45-28-16-10-17-29-45,46-30-18-11-19-31-46)55(58(59)44-26-14-9-15-27-44)61(47-32-20-12-21-33-47,48-34-22-13-23-35-48)57-54-51(42(5)6)38-25-39-52(54)43(7)8;/h10-13,16-25,28-44H,9,14-15,26-27H2,1-8H3;/q-2;+2. The molecular weight excluding hydrogens is 918 g/mol. The molecule has 0 radical (unpaired) electrons. The minimum Gasteiger partial charge on any atom is -0.813 e. The van der Waals surface area contributed by atoms with Gasteiger partial charge in [-0.05, 0) is 86.0 Å². The molecule has 0 aliphatic heterocycles. The molecule has 4 nitrogen and oxygen atoms in total. The van der Waals surface area contributed by atoms with Gasteiger partial charge in [-0.2, -0.15) is 5.52 Å². The Labute approximate surface area is 414 Å². The molecule has 1 saturated carbocycles. The zero-order valence-corrected chi connectivity index (χ0v) is 44.5. The smallest absolute Gasteiger partial charge is 0.813 e. The number of benzene rings is 6. The van der Waals surface area contributed by atoms with E-state index in [-0.39, 0.29) is 78.6 Å². The van der Waals surface area contributed by atoms with Gasteiger partial charge in [0.2, 0.25) is 0 Å². The average molecular weight is 983 g/mol. The third-order valence-electron chi connectivity index (χ3n) is 12.4. The summed E-state index contributed by atoms with van der Waals surface area (Å²) in [7, 11) is -6.69. The fraction of sp³-hybridized carbons (Fsp3) is 0.327. The number of rotatable bonds is 14. The van der Waals surface area contributed by atoms with Crippen molar-refractivity contribution < 1.29 is 0 Å². The van der Waals surface area contributed by atoms with Gasteiger partial charge in [0.1, 0.15) is 0 Å². The summed E-state index contributed by atoms with van der Waals surface area (Å²) in [6.07, 6.45) is 4.86. The SMILES string of the molecule is CC(C)c1cccc(C(C)C)c1N=P(c1ccccc1)(c1ccccc1)[C-](N([O-])C1CCCCC1)P(=Nc1c(C(C)C)cccc1C(C)C)(c1ccccc1)c1ccccc1.[Ba+2]. The Balaban J connectivity index is 0.00000641. The Bertz CT molecular complexity index is 2160. The molecule has 1 fully saturated rings. The van der Waals surface area contributed by atoms with Crippen molar-refractivity contribution in [2.45, 2.75) is 117 Å². The summed E-state index contributed by atoms with van der Waals surface area (Å²) < 4.78 is 12.9. The van der Waals surface area contributed by atoms with Crippen molar-refractivity contribution in [2.24, 2.45) is 9.49 Å². The van der Waals surface area contributed by atoms with Crippen LogP contribution in [0.15, 0.2) is 167 Å². The van der Waals surface area contributed by atoms with Crippen molar-refractivity contribution in [3.05, 3.63) is 191 Å². The summed E-state index contributed by atoms with van der Waals surface area (Å²) in [6.45, 7) is 18.2. The van der Waals surface area contributed by atoms with Crippen LogP contribution in [0.1, 0.15) is 133 Å². The van der Waals surface area contributed by atoms with Gasteiger partial charge in [0.15, 0.2) is 0 Å². The number of nitrogens with zero attached hydrogens (tertiary/aromatic N) is 3. The quantitative estimate of drug-likeness (QED) is 0.0473. The second-order valence-electron chi connectivity index (χ2n) is 17.9. The molecular formula is C55H65BaN3OP2. The van der Waals surface area contributed by atoms with Crippen LogP contribution in [0.25, 0.3) is 0 Å². The maximum atomic E-state index is 17.0. The molecule has 6 aromatic carbocycles. The Morgan fingerprint density at radius 3 is 0.968 bits per heavy atom. The second-order valence-corrected chi connectivity index (χ2v) is 24.1. The largest absolute Gasteiger partial charge is 2.00 e. The van der Waals surface area contributed by atoms with Crippen LogP contribution in [0.5, 0.6) is 0 Å². The summed E-state index contributed by atoms with van der Waals surface area (Å²) in [5.74, 6) is 0.815. The first kappa shape index (κ1) is 48.7. The number of hydroxylamine groups is 2. The number of hydrogen-bond donors (Lipinski definition) is 0. The van der Waals surface area contributed by atoms with Crippen molar-refractivity contribution in [1.82, 2.24) is 5.06 Å². The van der Waals surface area contributed by atoms with E-state index in [0.717, 1.165) is 70.2 Å². The van der Waals surface area contributed by atoms with Gasteiger partial charge >= 0.3 is 48.9 Å². The Kier molecular flexibility index (Phi) is 17.3. The molecule has 62 heavy (non-hydrogen) atoms. The second kappa shape index (κ2) is 22.0. The summed E-state index contributed by atoms with van der Waals surface area (Å²) in [6, 6.07) is 56.7. The van der Waals surface area contributed by atoms with Crippen molar-refractivity contribution in [3.63, 3.8) is 0 Å². The van der Waals surface area contributed by atoms with Crippen molar-refractivity contribution in [2.75, 3.05) is 0 Å². The first-order valence-corrected chi connectivity index (χ1v) is 26.1. The summed E-state index contributed by atoms with van der Waals surface area (Å²) in [5.41, 5.74) is 7.63. The van der Waals surface area contributed by atoms with Crippen LogP contribution in [-0.2, 0) is 0 Å². The predicted octanol–water partition coefficient (Wildman–Crippen LogP) is 15.0. The summed E-state index contributed by atoms with van der Waals surface area (Å²) >= 11 is 0. The molecule has 7 heteroatoms. The van der Waals surface area contributed by atoms with Crippen LogP contribution in [0.2, 0.25) is 0 Å². The third-order valence-corrected chi connectivity index (χ3v) is 20.9. The molecule has 7 rings (SSSR count). The maximum Gasteiger partial charge on any atom is 2.00 e. The van der Waals surface area contributed by atoms with Gasteiger partial charge < -0.3 is 10.3 Å². The van der Waals surface area contributed by atoms with E-state index in [1.807, 2.05) is 0 Å². The molecule has 318 valence electrons. The van der Waals surface area contributed by atoms with E-state index in [4.69, 9.17) is 9.49 Å². The fourth-order valence-electron chi connectivity index (χ4n) is 9.18. The van der Waals surface area contributed by atoms with Crippen LogP contribution >= 0.6 is 14.1 Å². The molecule has 0 N–H and O–H groups in total. The monoisotopic (exact) mass is 983 g/mol. The predicted molar refractivity (Wildman–Crippen MR) is 273 cm³/mol. The van der Waals surface area contributed by atoms with Crippen molar-refractivity contribution in [3.8, 4) is 0 Å². The van der Waals surface area contributed by atoms with Crippen LogP contribution in [-0.4, -0.2) is 60.0 Å². The Morgan fingerprint density at radius 2 is 0.710 bits per heavy atom. The van der Waals surface area contributed by atoms with Gasteiger partial charge in [0, 0.05) is 0 Å². The van der Waals surface area contributed by atoms with Crippen LogP contribution in [0, 0.1) is 10.7 Å². The van der Waals surface area contributed by atoms with Crippen LogP contribution in [0.4, 0.5) is 11.4 Å². The van der Waals surface area contributed by atoms with E-state index in [0.29, 0.717) is 0 Å². The van der Waals surface area contributed by atoms with Gasteiger partial charge in [0.25, 0.3) is 0 Å². The minimum absolute atomic E-state index is 0. The fourth-order valence-corrected chi connectivity index (χ4v) is 19.0. The van der Waals surface area contributed by atoms with E-state index >= 15 is 5.21 Å². The molecule has 0 atom stereocenters. The number of hydrogen-bond acceptors (Lipinski definition) is 4. The molecule has 0 bridgehead atoms. The first-order valence-electron chi connectivity index (χ1n) is 22.6. The van der Waals surface area contributed by atoms with Crippen LogP contribution in [0.3, 0.4) is 0 Å². The normalized spacial score (nSPS) is 13.9. The molecule has 1 aliphatic carbocycles. The molecule has 0 aromatic heterocycles. The molecule has 1 aliphatic rings. The van der Waals surface area contributed by atoms with Gasteiger partial charge in [0.05, 0.1) is 11.4 Å². The minimum atomic E-state index is -3.35. The zero-order chi connectivity index (χ0) is 43.1. The van der Waals surface area contributed by atoms with Crippen LogP contribution < -0.4 is 21.2 Å². The van der Waals surface area contributed by atoms with Crippen molar-refractivity contribution >= 4 is 95.6 Å². The average Bonchev–Trinajstić information content (AvgIpc) is 3.29. The van der Waals surface area contributed by atoms with Crippen molar-refractivity contribution in [1.29, 1.82) is 0 Å². The summed E-state index contributed by atoms with van der Waals surface area (Å²) in [5, 5.41) is 22.7. The molecule has 0 spiro atoms. The van der Waals surface area contributed by atoms with Gasteiger partial charge in [-0.15, -0.1) is 0 Å². The van der Waals surface area contributed by atoms with Gasteiger partial charge in [-0.25, -0.2) is 0 Å². The maximum absolute atomic E-state index is 17.0. The van der Waals surface area contributed by atoms with E-state index in [1.54, 1.807) is 0 Å². The Morgan fingerprint density at radius 1 is 0.435 bits per heavy atom. The first-order chi connectivity index (χ1) is 29.5. The molecule has 0 unspecified atom stereocenters. The van der Waals surface area contributed by atoms with E-state index < -0.39 is 14.1 Å². The third kappa shape index (κ3) is 9.91. The van der Waals surface area contributed by atoms with E-state index in [9.17, 15) is 0 Å². The van der Waals surface area contributed by atoms with Gasteiger partial charge in [-0.3, -0.25) is 9.49 Å². The van der Waals surface area contributed by atoms with Gasteiger partial charge in [-0.1, -0.05) is 246 Å². The molecule has 0 amide bonds.